The number of carbonyl (C=O) groups excluding carboxylic acids is 2. The van der Waals surface area contributed by atoms with E-state index in [0.717, 1.165) is 71.3 Å². The molecule has 0 aliphatic carbocycles. The molecule has 7 heteroatoms. The largest absolute Gasteiger partial charge is 0.469 e. The van der Waals surface area contributed by atoms with Crippen molar-refractivity contribution < 1.29 is 28.5 Å². The summed E-state index contributed by atoms with van der Waals surface area (Å²) in [5.74, 6) is -0.179. The van der Waals surface area contributed by atoms with E-state index in [9.17, 15) is 9.59 Å². The number of esters is 2. The molecule has 0 N–H and O–H groups in total. The molecule has 0 aromatic carbocycles. The summed E-state index contributed by atoms with van der Waals surface area (Å²) in [5, 5.41) is 0. The Labute approximate surface area is 290 Å². The molecule has 0 aliphatic heterocycles. The average molecular weight is 666 g/mol. The van der Waals surface area contributed by atoms with E-state index >= 15 is 0 Å². The molecule has 0 aliphatic rings. The number of allylic oxidation sites excluding steroid dienone is 4. The van der Waals surface area contributed by atoms with E-state index in [1.54, 1.807) is 0 Å². The molecule has 0 amide bonds. The molecule has 0 saturated heterocycles. The van der Waals surface area contributed by atoms with Crippen molar-refractivity contribution in [1.29, 1.82) is 0 Å². The number of methoxy groups -OCH3 is 2. The van der Waals surface area contributed by atoms with Crippen LogP contribution < -0.4 is 0 Å². The van der Waals surface area contributed by atoms with Crippen molar-refractivity contribution in [3.8, 4) is 0 Å². The van der Waals surface area contributed by atoms with Crippen molar-refractivity contribution in [3.63, 3.8) is 0 Å². The molecule has 7 nitrogen and oxygen atoms in total. The van der Waals surface area contributed by atoms with E-state index in [2.05, 4.69) is 52.8 Å². The molecule has 0 saturated carbocycles. The fraction of sp³-hybridized carbons (Fsp3) is 0.850. The number of unbranched alkanes of at least 4 members (excludes halogenated alkanes) is 18. The fourth-order valence-electron chi connectivity index (χ4n) is 5.54. The van der Waals surface area contributed by atoms with Crippen LogP contribution in [0.1, 0.15) is 161 Å². The van der Waals surface area contributed by atoms with Crippen LogP contribution in [-0.2, 0) is 28.5 Å². The first-order valence-corrected chi connectivity index (χ1v) is 19.3. The van der Waals surface area contributed by atoms with E-state index in [4.69, 9.17) is 9.47 Å². The van der Waals surface area contributed by atoms with E-state index in [-0.39, 0.29) is 18.0 Å². The smallest absolute Gasteiger partial charge is 0.305 e. The summed E-state index contributed by atoms with van der Waals surface area (Å²) in [7, 11) is 7.15. The molecule has 0 bridgehead atoms. The summed E-state index contributed by atoms with van der Waals surface area (Å²) in [5.41, 5.74) is 0. The number of hydrogen-bond donors (Lipinski definition) is 0. The molecule has 0 radical (unpaired) electrons. The van der Waals surface area contributed by atoms with Crippen molar-refractivity contribution in [1.82, 2.24) is 4.90 Å². The minimum absolute atomic E-state index is 0.0893. The Morgan fingerprint density at radius 1 is 0.511 bits per heavy atom. The summed E-state index contributed by atoms with van der Waals surface area (Å²) >= 11 is 0. The third kappa shape index (κ3) is 37.0. The molecule has 1 unspecified atom stereocenters. The van der Waals surface area contributed by atoms with E-state index in [1.807, 2.05) is 0 Å². The maximum Gasteiger partial charge on any atom is 0.305 e. The van der Waals surface area contributed by atoms with Crippen LogP contribution in [0.15, 0.2) is 24.3 Å². The van der Waals surface area contributed by atoms with Gasteiger partial charge in [0.2, 0.25) is 0 Å². The average Bonchev–Trinajstić information content (AvgIpc) is 3.06. The van der Waals surface area contributed by atoms with Gasteiger partial charge in [-0.3, -0.25) is 9.59 Å². The third-order valence-corrected chi connectivity index (χ3v) is 8.47. The lowest BCUT2D eigenvalue weighted by molar-refractivity contribution is -0.141. The van der Waals surface area contributed by atoms with Crippen LogP contribution in [0.3, 0.4) is 0 Å². The highest BCUT2D eigenvalue weighted by molar-refractivity contribution is 5.69. The van der Waals surface area contributed by atoms with Crippen molar-refractivity contribution >= 4 is 11.9 Å². The Kier molecular flexibility index (Phi) is 35.8. The van der Waals surface area contributed by atoms with Gasteiger partial charge < -0.3 is 23.8 Å². The molecule has 0 spiro atoms. The molecule has 0 rings (SSSR count). The fourth-order valence-corrected chi connectivity index (χ4v) is 5.54. The second kappa shape index (κ2) is 37.1. The molecule has 0 aromatic rings. The van der Waals surface area contributed by atoms with Crippen molar-refractivity contribution in [3.05, 3.63) is 24.3 Å². The highest BCUT2D eigenvalue weighted by Crippen LogP contribution is 2.12. The highest BCUT2D eigenvalue weighted by atomic mass is 16.5. The zero-order valence-corrected chi connectivity index (χ0v) is 31.3. The number of rotatable bonds is 36. The predicted octanol–water partition coefficient (Wildman–Crippen LogP) is 10.2. The second-order valence-electron chi connectivity index (χ2n) is 13.3. The van der Waals surface area contributed by atoms with E-state index < -0.39 is 0 Å². The highest BCUT2D eigenvalue weighted by Gasteiger charge is 2.10. The van der Waals surface area contributed by atoms with Gasteiger partial charge in [-0.25, -0.2) is 0 Å². The molecular weight excluding hydrogens is 590 g/mol. The van der Waals surface area contributed by atoms with Crippen molar-refractivity contribution in [2.24, 2.45) is 0 Å². The van der Waals surface area contributed by atoms with E-state index in [1.165, 1.54) is 117 Å². The lowest BCUT2D eigenvalue weighted by atomic mass is 10.1. The molecule has 0 fully saturated rings. The quantitative estimate of drug-likeness (QED) is 0.0375. The Balaban J connectivity index is 3.56. The van der Waals surface area contributed by atoms with Crippen LogP contribution in [0.25, 0.3) is 0 Å². The van der Waals surface area contributed by atoms with Crippen LogP contribution in [0.5, 0.6) is 0 Å². The first kappa shape index (κ1) is 45.3. The van der Waals surface area contributed by atoms with Gasteiger partial charge in [-0.15, -0.1) is 0 Å². The van der Waals surface area contributed by atoms with Crippen LogP contribution in [-0.4, -0.2) is 77.6 Å². The van der Waals surface area contributed by atoms with Gasteiger partial charge in [-0.1, -0.05) is 88.5 Å². The molecule has 0 aromatic heterocycles. The van der Waals surface area contributed by atoms with Crippen LogP contribution in [0, 0.1) is 0 Å². The van der Waals surface area contributed by atoms with Gasteiger partial charge in [0.15, 0.2) is 0 Å². The van der Waals surface area contributed by atoms with Crippen LogP contribution in [0.4, 0.5) is 0 Å². The first-order valence-electron chi connectivity index (χ1n) is 19.3. The van der Waals surface area contributed by atoms with Crippen molar-refractivity contribution in [2.75, 3.05) is 54.7 Å². The summed E-state index contributed by atoms with van der Waals surface area (Å²) in [6, 6.07) is 0. The van der Waals surface area contributed by atoms with Gasteiger partial charge in [0.25, 0.3) is 0 Å². The van der Waals surface area contributed by atoms with Gasteiger partial charge in [-0.05, 0) is 97.6 Å². The minimum Gasteiger partial charge on any atom is -0.469 e. The number of likely N-dealkylation sites (N-methyl/N-ethyl adjacent to an activating group) is 1. The number of ether oxygens (including phenoxy) is 4. The van der Waals surface area contributed by atoms with Crippen molar-refractivity contribution in [2.45, 2.75) is 167 Å². The topological polar surface area (TPSA) is 74.3 Å². The zero-order chi connectivity index (χ0) is 34.5. The SMILES string of the molecule is COC(=O)CCCCCCC/C=C\CCCCCCOCCC(CN(C)C)OCCCCCC/C=C\CCCCCCCC(=O)OC. The van der Waals surface area contributed by atoms with Crippen LogP contribution in [0.2, 0.25) is 0 Å². The van der Waals surface area contributed by atoms with Gasteiger partial charge in [0.05, 0.1) is 20.3 Å². The zero-order valence-electron chi connectivity index (χ0n) is 31.3. The maximum absolute atomic E-state index is 11.1. The Morgan fingerprint density at radius 2 is 0.894 bits per heavy atom. The number of carbonyl (C=O) groups is 2. The predicted molar refractivity (Wildman–Crippen MR) is 197 cm³/mol. The number of nitrogens with zero attached hydrogens (tertiary/aromatic N) is 1. The van der Waals surface area contributed by atoms with Gasteiger partial charge in [0, 0.05) is 39.2 Å². The second-order valence-corrected chi connectivity index (χ2v) is 13.3. The molecule has 47 heavy (non-hydrogen) atoms. The normalized spacial score (nSPS) is 12.4. The number of hydrogen-bond acceptors (Lipinski definition) is 7. The lowest BCUT2D eigenvalue weighted by Crippen LogP contribution is -2.30. The summed E-state index contributed by atoms with van der Waals surface area (Å²) in [4.78, 5) is 24.4. The molecule has 276 valence electrons. The van der Waals surface area contributed by atoms with Crippen LogP contribution >= 0.6 is 0 Å². The Hall–Kier alpha value is -1.70. The summed E-state index contributed by atoms with van der Waals surface area (Å²) < 4.78 is 21.5. The Morgan fingerprint density at radius 3 is 1.32 bits per heavy atom. The van der Waals surface area contributed by atoms with Gasteiger partial charge in [0.1, 0.15) is 0 Å². The third-order valence-electron chi connectivity index (χ3n) is 8.47. The maximum atomic E-state index is 11.1. The Bertz CT molecular complexity index is 738. The molecule has 0 heterocycles. The first-order chi connectivity index (χ1) is 23.0. The van der Waals surface area contributed by atoms with Gasteiger partial charge >= 0.3 is 11.9 Å². The minimum atomic E-state index is -0.0895. The van der Waals surface area contributed by atoms with E-state index in [0.29, 0.717) is 12.8 Å². The summed E-state index contributed by atoms with van der Waals surface area (Å²) in [6.45, 7) is 3.44. The lowest BCUT2D eigenvalue weighted by Gasteiger charge is -2.21. The van der Waals surface area contributed by atoms with Gasteiger partial charge in [-0.2, -0.15) is 0 Å². The summed E-state index contributed by atoms with van der Waals surface area (Å²) in [6.07, 6.45) is 37.8. The molecule has 1 atom stereocenters. The standard InChI is InChI=1S/C40H75NO6/c1-41(2)37-38(47-35-30-26-22-18-14-10-6-8-12-16-20-24-28-32-40(43)45-4)33-36-46-34-29-25-21-17-13-9-5-7-11-15-19-23-27-31-39(42)44-3/h5-6,9-10,38H,7-8,11-37H2,1-4H3/b9-5-,10-6-. The molecular formula is C40H75NO6. The monoisotopic (exact) mass is 666 g/mol.